The molecule has 1 aromatic rings. The van der Waals surface area contributed by atoms with Crippen LogP contribution in [-0.4, -0.2) is 18.6 Å². The number of hydrogen-bond donors (Lipinski definition) is 1. The van der Waals surface area contributed by atoms with E-state index in [4.69, 9.17) is 0 Å². The third kappa shape index (κ3) is 1.88. The zero-order valence-electron chi connectivity index (χ0n) is 11.6. The van der Waals surface area contributed by atoms with E-state index in [-0.39, 0.29) is 0 Å². The second-order valence-electron chi connectivity index (χ2n) is 5.74. The van der Waals surface area contributed by atoms with E-state index < -0.39 is 0 Å². The molecule has 0 amide bonds. The molecule has 0 aliphatic carbocycles. The van der Waals surface area contributed by atoms with Gasteiger partial charge in [0.2, 0.25) is 0 Å². The van der Waals surface area contributed by atoms with Crippen LogP contribution in [-0.2, 0) is 6.42 Å². The maximum Gasteiger partial charge on any atom is 0.0610 e. The van der Waals surface area contributed by atoms with Gasteiger partial charge in [-0.3, -0.25) is 0 Å². The minimum Gasteiger partial charge on any atom is -0.383 e. The molecule has 18 heavy (non-hydrogen) atoms. The van der Waals surface area contributed by atoms with E-state index in [0.717, 1.165) is 12.6 Å². The highest BCUT2D eigenvalue weighted by atomic mass is 15.2. The van der Waals surface area contributed by atoms with Crippen LogP contribution in [0.25, 0.3) is 0 Å². The quantitative estimate of drug-likeness (QED) is 0.851. The summed E-state index contributed by atoms with van der Waals surface area (Å²) in [6.07, 6.45) is 6.44. The molecule has 1 N–H and O–H groups in total. The highest BCUT2D eigenvalue weighted by Crippen LogP contribution is 2.39. The Morgan fingerprint density at radius 2 is 2.22 bits per heavy atom. The smallest absolute Gasteiger partial charge is 0.0610 e. The number of nitrogens with one attached hydrogen (secondary N) is 1. The lowest BCUT2D eigenvalue weighted by Crippen LogP contribution is -2.35. The number of aryl methyl sites for hydroxylation is 1. The third-order valence-corrected chi connectivity index (χ3v) is 4.59. The first kappa shape index (κ1) is 11.9. The average molecular weight is 244 g/mol. The summed E-state index contributed by atoms with van der Waals surface area (Å²) < 4.78 is 0. The Balaban J connectivity index is 2.00. The second-order valence-corrected chi connectivity index (χ2v) is 5.74. The predicted octanol–water partition coefficient (Wildman–Crippen LogP) is 3.81. The summed E-state index contributed by atoms with van der Waals surface area (Å²) >= 11 is 0. The molecule has 2 aliphatic heterocycles. The zero-order chi connectivity index (χ0) is 12.5. The molecule has 2 aliphatic rings. The first-order valence-electron chi connectivity index (χ1n) is 7.45. The van der Waals surface area contributed by atoms with Crippen molar-refractivity contribution in [1.29, 1.82) is 0 Å². The van der Waals surface area contributed by atoms with Gasteiger partial charge in [-0.05, 0) is 50.7 Å². The first-order chi connectivity index (χ1) is 8.81. The fraction of sp³-hybridized carbons (Fsp3) is 0.625. The Morgan fingerprint density at radius 3 is 3.06 bits per heavy atom. The summed E-state index contributed by atoms with van der Waals surface area (Å²) in [6, 6.07) is 8.24. The zero-order valence-corrected chi connectivity index (χ0v) is 11.6. The molecule has 2 atom stereocenters. The molecule has 1 fully saturated rings. The number of fused-ring (bicyclic) bond motifs is 1. The number of rotatable bonds is 2. The SMILES string of the molecule is CCC1CCC(C)N1c1cccc2c1NCCC2. The molecule has 0 spiro atoms. The molecule has 2 unspecified atom stereocenters. The summed E-state index contributed by atoms with van der Waals surface area (Å²) in [5.74, 6) is 0. The van der Waals surface area contributed by atoms with E-state index in [0.29, 0.717) is 6.04 Å². The lowest BCUT2D eigenvalue weighted by Gasteiger charge is -2.34. The van der Waals surface area contributed by atoms with Crippen LogP contribution < -0.4 is 10.2 Å². The Labute approximate surface area is 110 Å². The molecule has 0 aromatic heterocycles. The van der Waals surface area contributed by atoms with Crippen LogP contribution in [0.4, 0.5) is 11.4 Å². The Kier molecular flexibility index (Phi) is 3.19. The van der Waals surface area contributed by atoms with Gasteiger partial charge < -0.3 is 10.2 Å². The number of anilines is 2. The molecule has 2 heteroatoms. The molecular formula is C16H24N2. The van der Waals surface area contributed by atoms with Crippen molar-refractivity contribution in [2.45, 2.75) is 58.0 Å². The van der Waals surface area contributed by atoms with E-state index in [1.807, 2.05) is 0 Å². The fourth-order valence-electron chi connectivity index (χ4n) is 3.61. The standard InChI is InChI=1S/C16H24N2/c1-3-14-10-9-12(2)18(14)15-8-4-6-13-7-5-11-17-16(13)15/h4,6,8,12,14,17H,3,5,7,9-11H2,1-2H3. The summed E-state index contributed by atoms with van der Waals surface area (Å²) in [7, 11) is 0. The van der Waals surface area contributed by atoms with Gasteiger partial charge in [0.1, 0.15) is 0 Å². The normalized spacial score (nSPS) is 26.9. The van der Waals surface area contributed by atoms with Gasteiger partial charge in [0.25, 0.3) is 0 Å². The molecule has 0 radical (unpaired) electrons. The number of para-hydroxylation sites is 1. The number of benzene rings is 1. The molecule has 98 valence electrons. The van der Waals surface area contributed by atoms with Gasteiger partial charge in [-0.15, -0.1) is 0 Å². The van der Waals surface area contributed by atoms with Crippen LogP contribution in [0, 0.1) is 0 Å². The molecule has 0 bridgehead atoms. The molecule has 0 saturated carbocycles. The van der Waals surface area contributed by atoms with Crippen LogP contribution >= 0.6 is 0 Å². The van der Waals surface area contributed by atoms with Gasteiger partial charge in [0.05, 0.1) is 11.4 Å². The van der Waals surface area contributed by atoms with Gasteiger partial charge in [-0.1, -0.05) is 19.1 Å². The van der Waals surface area contributed by atoms with Gasteiger partial charge in [0.15, 0.2) is 0 Å². The Hall–Kier alpha value is -1.18. The van der Waals surface area contributed by atoms with Crippen LogP contribution in [0.1, 0.15) is 45.1 Å². The van der Waals surface area contributed by atoms with Crippen molar-refractivity contribution in [1.82, 2.24) is 0 Å². The van der Waals surface area contributed by atoms with Crippen molar-refractivity contribution >= 4 is 11.4 Å². The van der Waals surface area contributed by atoms with Crippen LogP contribution in [0.5, 0.6) is 0 Å². The van der Waals surface area contributed by atoms with E-state index in [1.54, 1.807) is 0 Å². The minimum absolute atomic E-state index is 0.685. The number of hydrogen-bond acceptors (Lipinski definition) is 2. The molecule has 3 rings (SSSR count). The van der Waals surface area contributed by atoms with Crippen molar-refractivity contribution in [3.8, 4) is 0 Å². The lowest BCUT2D eigenvalue weighted by molar-refractivity contribution is 0.627. The first-order valence-corrected chi connectivity index (χ1v) is 7.45. The number of nitrogens with zero attached hydrogens (tertiary/aromatic N) is 1. The summed E-state index contributed by atoms with van der Waals surface area (Å²) in [5, 5.41) is 3.63. The Bertz CT molecular complexity index is 427. The topological polar surface area (TPSA) is 15.3 Å². The lowest BCUT2D eigenvalue weighted by atomic mass is 10.0. The molecular weight excluding hydrogens is 220 g/mol. The van der Waals surface area contributed by atoms with E-state index in [2.05, 4.69) is 42.3 Å². The van der Waals surface area contributed by atoms with Gasteiger partial charge in [0, 0.05) is 18.6 Å². The van der Waals surface area contributed by atoms with Crippen molar-refractivity contribution in [2.24, 2.45) is 0 Å². The van der Waals surface area contributed by atoms with Crippen molar-refractivity contribution in [3.05, 3.63) is 23.8 Å². The highest BCUT2D eigenvalue weighted by Gasteiger charge is 2.31. The van der Waals surface area contributed by atoms with Crippen LogP contribution in [0.15, 0.2) is 18.2 Å². The molecule has 1 saturated heterocycles. The minimum atomic E-state index is 0.685. The van der Waals surface area contributed by atoms with Crippen molar-refractivity contribution in [2.75, 3.05) is 16.8 Å². The molecule has 2 nitrogen and oxygen atoms in total. The Morgan fingerprint density at radius 1 is 1.33 bits per heavy atom. The maximum absolute atomic E-state index is 3.63. The summed E-state index contributed by atoms with van der Waals surface area (Å²) in [6.45, 7) is 5.82. The van der Waals surface area contributed by atoms with Crippen LogP contribution in [0.3, 0.4) is 0 Å². The molecule has 2 heterocycles. The maximum atomic E-state index is 3.63. The van der Waals surface area contributed by atoms with Crippen molar-refractivity contribution < 1.29 is 0 Å². The van der Waals surface area contributed by atoms with Gasteiger partial charge >= 0.3 is 0 Å². The fourth-order valence-corrected chi connectivity index (χ4v) is 3.61. The van der Waals surface area contributed by atoms with Crippen LogP contribution in [0.2, 0.25) is 0 Å². The average Bonchev–Trinajstić information content (AvgIpc) is 2.79. The van der Waals surface area contributed by atoms with E-state index in [9.17, 15) is 0 Å². The largest absolute Gasteiger partial charge is 0.383 e. The van der Waals surface area contributed by atoms with Gasteiger partial charge in [-0.25, -0.2) is 0 Å². The summed E-state index contributed by atoms with van der Waals surface area (Å²) in [4.78, 5) is 2.66. The highest BCUT2D eigenvalue weighted by molar-refractivity contribution is 5.75. The van der Waals surface area contributed by atoms with E-state index in [1.165, 1.54) is 49.0 Å². The second kappa shape index (κ2) is 4.83. The van der Waals surface area contributed by atoms with Gasteiger partial charge in [-0.2, -0.15) is 0 Å². The predicted molar refractivity (Wildman–Crippen MR) is 78.5 cm³/mol. The third-order valence-electron chi connectivity index (χ3n) is 4.59. The van der Waals surface area contributed by atoms with Crippen molar-refractivity contribution in [3.63, 3.8) is 0 Å². The van der Waals surface area contributed by atoms with E-state index >= 15 is 0 Å². The summed E-state index contributed by atoms with van der Waals surface area (Å²) in [5.41, 5.74) is 4.37. The monoisotopic (exact) mass is 244 g/mol. The molecule has 1 aromatic carbocycles.